The van der Waals surface area contributed by atoms with E-state index in [1.165, 1.54) is 12.1 Å². The van der Waals surface area contributed by atoms with Crippen molar-refractivity contribution in [2.24, 2.45) is 7.05 Å². The van der Waals surface area contributed by atoms with Gasteiger partial charge in [0.2, 0.25) is 0 Å². The standard InChI is InChI=1S/C14H13N3O3/c1-15-7-2-3-12(15)14(18)16-8-6-10-4-5-11(17(19)20)9-13(10)16/h2-5,7,9H,6,8H2,1H3. The predicted molar refractivity (Wildman–Crippen MR) is 73.9 cm³/mol. The van der Waals surface area contributed by atoms with Gasteiger partial charge < -0.3 is 9.47 Å². The molecule has 6 nitrogen and oxygen atoms in total. The molecule has 1 amide bonds. The van der Waals surface area contributed by atoms with Crippen LogP contribution in [0.15, 0.2) is 36.5 Å². The van der Waals surface area contributed by atoms with Crippen molar-refractivity contribution in [1.29, 1.82) is 0 Å². The zero-order chi connectivity index (χ0) is 14.3. The van der Waals surface area contributed by atoms with Gasteiger partial charge in [0, 0.05) is 31.9 Å². The predicted octanol–water partition coefficient (Wildman–Crippen LogP) is 2.14. The molecule has 2 aromatic rings. The second-order valence-corrected chi connectivity index (χ2v) is 4.78. The van der Waals surface area contributed by atoms with Crippen molar-refractivity contribution < 1.29 is 9.72 Å². The largest absolute Gasteiger partial charge is 0.347 e. The number of benzene rings is 1. The number of nitrogens with zero attached hydrogens (tertiary/aromatic N) is 3. The van der Waals surface area contributed by atoms with E-state index in [4.69, 9.17) is 0 Å². The summed E-state index contributed by atoms with van der Waals surface area (Å²) in [5, 5.41) is 10.9. The number of aryl methyl sites for hydroxylation is 1. The molecule has 0 spiro atoms. The topological polar surface area (TPSA) is 68.4 Å². The average molecular weight is 271 g/mol. The fraction of sp³-hybridized carbons (Fsp3) is 0.214. The van der Waals surface area contributed by atoms with Gasteiger partial charge in [-0.1, -0.05) is 6.07 Å². The highest BCUT2D eigenvalue weighted by Crippen LogP contribution is 2.32. The molecule has 0 radical (unpaired) electrons. The Kier molecular flexibility index (Phi) is 2.78. The maximum absolute atomic E-state index is 12.5. The van der Waals surface area contributed by atoms with Crippen molar-refractivity contribution in [3.05, 3.63) is 57.9 Å². The van der Waals surface area contributed by atoms with E-state index in [9.17, 15) is 14.9 Å². The summed E-state index contributed by atoms with van der Waals surface area (Å²) in [5.74, 6) is -0.128. The van der Waals surface area contributed by atoms with E-state index in [1.54, 1.807) is 40.9 Å². The molecule has 0 atom stereocenters. The summed E-state index contributed by atoms with van der Waals surface area (Å²) in [7, 11) is 1.80. The van der Waals surface area contributed by atoms with E-state index in [2.05, 4.69) is 0 Å². The molecule has 0 aliphatic carbocycles. The van der Waals surface area contributed by atoms with E-state index in [0.717, 1.165) is 12.0 Å². The van der Waals surface area contributed by atoms with Crippen molar-refractivity contribution in [3.63, 3.8) is 0 Å². The minimum Gasteiger partial charge on any atom is -0.347 e. The lowest BCUT2D eigenvalue weighted by molar-refractivity contribution is -0.384. The molecule has 0 saturated carbocycles. The van der Waals surface area contributed by atoms with Gasteiger partial charge in [-0.25, -0.2) is 0 Å². The molecular formula is C14H13N3O3. The summed E-state index contributed by atoms with van der Waals surface area (Å²) in [6, 6.07) is 8.24. The van der Waals surface area contributed by atoms with Crippen molar-refractivity contribution in [2.75, 3.05) is 11.4 Å². The number of carbonyl (C=O) groups excluding carboxylic acids is 1. The number of rotatable bonds is 2. The van der Waals surface area contributed by atoms with Crippen LogP contribution in [0.3, 0.4) is 0 Å². The summed E-state index contributed by atoms with van der Waals surface area (Å²) < 4.78 is 1.75. The van der Waals surface area contributed by atoms with Crippen molar-refractivity contribution in [3.8, 4) is 0 Å². The SMILES string of the molecule is Cn1cccc1C(=O)N1CCc2ccc([N+](=O)[O-])cc21. The third-order valence-electron chi connectivity index (χ3n) is 3.58. The van der Waals surface area contributed by atoms with Gasteiger partial charge in [0.25, 0.3) is 11.6 Å². The van der Waals surface area contributed by atoms with Crippen LogP contribution in [0.4, 0.5) is 11.4 Å². The minimum absolute atomic E-state index is 0.00957. The fourth-order valence-electron chi connectivity index (χ4n) is 2.51. The highest BCUT2D eigenvalue weighted by molar-refractivity contribution is 6.06. The Morgan fingerprint density at radius 2 is 2.15 bits per heavy atom. The Hall–Kier alpha value is -2.63. The van der Waals surface area contributed by atoms with Crippen LogP contribution in [0.2, 0.25) is 0 Å². The van der Waals surface area contributed by atoms with Gasteiger partial charge >= 0.3 is 0 Å². The van der Waals surface area contributed by atoms with Crippen LogP contribution in [-0.4, -0.2) is 21.9 Å². The number of fused-ring (bicyclic) bond motifs is 1. The van der Waals surface area contributed by atoms with Crippen LogP contribution >= 0.6 is 0 Å². The average Bonchev–Trinajstić information content (AvgIpc) is 3.03. The van der Waals surface area contributed by atoms with Crippen LogP contribution in [0, 0.1) is 10.1 Å². The molecule has 20 heavy (non-hydrogen) atoms. The van der Waals surface area contributed by atoms with Gasteiger partial charge in [-0.2, -0.15) is 0 Å². The second kappa shape index (κ2) is 4.48. The third-order valence-corrected chi connectivity index (χ3v) is 3.58. The quantitative estimate of drug-likeness (QED) is 0.620. The highest BCUT2D eigenvalue weighted by atomic mass is 16.6. The molecule has 6 heteroatoms. The van der Waals surface area contributed by atoms with Gasteiger partial charge in [-0.05, 0) is 24.1 Å². The van der Waals surface area contributed by atoms with E-state index in [1.807, 2.05) is 0 Å². The molecule has 1 aliphatic rings. The zero-order valence-corrected chi connectivity index (χ0v) is 10.9. The number of hydrogen-bond donors (Lipinski definition) is 0. The van der Waals surface area contributed by atoms with Crippen LogP contribution in [0.25, 0.3) is 0 Å². The van der Waals surface area contributed by atoms with Gasteiger partial charge in [0.15, 0.2) is 0 Å². The molecule has 1 aromatic heterocycles. The number of nitro benzene ring substituents is 1. The zero-order valence-electron chi connectivity index (χ0n) is 10.9. The molecule has 2 heterocycles. The van der Waals surface area contributed by atoms with Crippen molar-refractivity contribution in [2.45, 2.75) is 6.42 Å². The van der Waals surface area contributed by atoms with Crippen molar-refractivity contribution in [1.82, 2.24) is 4.57 Å². The molecule has 0 fully saturated rings. The molecule has 0 saturated heterocycles. The Morgan fingerprint density at radius 1 is 1.35 bits per heavy atom. The molecular weight excluding hydrogens is 258 g/mol. The number of nitro groups is 1. The van der Waals surface area contributed by atoms with E-state index in [-0.39, 0.29) is 11.6 Å². The number of aromatic nitrogens is 1. The monoisotopic (exact) mass is 271 g/mol. The maximum Gasteiger partial charge on any atom is 0.274 e. The summed E-state index contributed by atoms with van der Waals surface area (Å²) in [6.07, 6.45) is 2.53. The molecule has 3 rings (SSSR count). The first kappa shape index (κ1) is 12.4. The molecule has 1 aliphatic heterocycles. The Balaban J connectivity index is 2.00. The normalized spacial score (nSPS) is 13.3. The molecule has 1 aromatic carbocycles. The summed E-state index contributed by atoms with van der Waals surface area (Å²) in [4.78, 5) is 24.5. The summed E-state index contributed by atoms with van der Waals surface area (Å²) >= 11 is 0. The molecule has 0 unspecified atom stereocenters. The van der Waals surface area contributed by atoms with Crippen LogP contribution in [0.1, 0.15) is 16.1 Å². The van der Waals surface area contributed by atoms with Crippen LogP contribution in [-0.2, 0) is 13.5 Å². The number of hydrogen-bond acceptors (Lipinski definition) is 3. The number of anilines is 1. The number of amides is 1. The van der Waals surface area contributed by atoms with Gasteiger partial charge in [-0.15, -0.1) is 0 Å². The highest BCUT2D eigenvalue weighted by Gasteiger charge is 2.28. The molecule has 0 N–H and O–H groups in total. The fourth-order valence-corrected chi connectivity index (χ4v) is 2.51. The Morgan fingerprint density at radius 3 is 2.80 bits per heavy atom. The second-order valence-electron chi connectivity index (χ2n) is 4.78. The smallest absolute Gasteiger partial charge is 0.274 e. The number of carbonyl (C=O) groups is 1. The van der Waals surface area contributed by atoms with Gasteiger partial charge in [0.05, 0.1) is 10.6 Å². The van der Waals surface area contributed by atoms with Gasteiger partial charge in [0.1, 0.15) is 5.69 Å². The third kappa shape index (κ3) is 1.85. The molecule has 102 valence electrons. The van der Waals surface area contributed by atoms with Gasteiger partial charge in [-0.3, -0.25) is 14.9 Å². The Bertz CT molecular complexity index is 705. The lowest BCUT2D eigenvalue weighted by Gasteiger charge is -2.17. The first-order valence-corrected chi connectivity index (χ1v) is 6.28. The van der Waals surface area contributed by atoms with Crippen LogP contribution in [0.5, 0.6) is 0 Å². The van der Waals surface area contributed by atoms with E-state index in [0.29, 0.717) is 17.9 Å². The first-order chi connectivity index (χ1) is 9.58. The summed E-state index contributed by atoms with van der Waals surface area (Å²) in [6.45, 7) is 0.556. The lowest BCUT2D eigenvalue weighted by atomic mass is 10.1. The van der Waals surface area contributed by atoms with E-state index >= 15 is 0 Å². The van der Waals surface area contributed by atoms with Crippen molar-refractivity contribution >= 4 is 17.3 Å². The minimum atomic E-state index is -0.441. The lowest BCUT2D eigenvalue weighted by Crippen LogP contribution is -2.30. The summed E-state index contributed by atoms with van der Waals surface area (Å²) in [5.41, 5.74) is 2.20. The van der Waals surface area contributed by atoms with E-state index < -0.39 is 4.92 Å². The molecule has 0 bridgehead atoms. The van der Waals surface area contributed by atoms with Crippen LogP contribution < -0.4 is 4.90 Å². The number of non-ortho nitro benzene ring substituents is 1. The first-order valence-electron chi connectivity index (χ1n) is 6.28. The Labute approximate surface area is 115 Å². The maximum atomic E-state index is 12.5.